The van der Waals surface area contributed by atoms with Crippen molar-refractivity contribution in [2.45, 2.75) is 6.04 Å². The van der Waals surface area contributed by atoms with E-state index in [1.54, 1.807) is 0 Å². The Morgan fingerprint density at radius 2 is 2.50 bits per heavy atom. The summed E-state index contributed by atoms with van der Waals surface area (Å²) >= 11 is 3.67. The molecule has 0 aromatic carbocycles. The number of carbonyl (C=O) groups excluding carboxylic acids is 1. The molecule has 1 unspecified atom stereocenters. The van der Waals surface area contributed by atoms with Crippen LogP contribution in [0.3, 0.4) is 0 Å². The van der Waals surface area contributed by atoms with E-state index in [-0.39, 0.29) is 5.75 Å². The molecule has 0 amide bonds. The van der Waals surface area contributed by atoms with Gasteiger partial charge in [0.2, 0.25) is 0 Å². The second kappa shape index (κ2) is 3.71. The van der Waals surface area contributed by atoms with E-state index in [0.717, 1.165) is 0 Å². The highest BCUT2D eigenvalue weighted by molar-refractivity contribution is 7.80. The molecule has 0 aliphatic carbocycles. The summed E-state index contributed by atoms with van der Waals surface area (Å²) in [7, 11) is 0. The first-order valence-corrected chi connectivity index (χ1v) is 2.57. The van der Waals surface area contributed by atoms with Gasteiger partial charge in [-0.2, -0.15) is 17.9 Å². The molecule has 5 heteroatoms. The molecule has 8 heavy (non-hydrogen) atoms. The molecule has 0 aromatic rings. The number of hydrogen-bond donors (Lipinski definition) is 3. The Labute approximate surface area is 52.0 Å². The van der Waals surface area contributed by atoms with E-state index in [2.05, 4.69) is 17.5 Å². The first-order chi connectivity index (χ1) is 3.72. The van der Waals surface area contributed by atoms with Gasteiger partial charge in [-0.05, 0) is 0 Å². The zero-order valence-corrected chi connectivity index (χ0v) is 4.97. The highest BCUT2D eigenvalue weighted by Crippen LogP contribution is 1.84. The smallest absolute Gasteiger partial charge is 0.318 e. The molecule has 0 aliphatic rings. The lowest BCUT2D eigenvalue weighted by Gasteiger charge is -2.00. The van der Waals surface area contributed by atoms with Crippen molar-refractivity contribution in [2.75, 3.05) is 5.75 Å². The predicted molar refractivity (Wildman–Crippen MR) is 30.5 cm³/mol. The van der Waals surface area contributed by atoms with Crippen LogP contribution in [0, 0.1) is 0 Å². The van der Waals surface area contributed by atoms with Crippen molar-refractivity contribution in [1.82, 2.24) is 0 Å². The van der Waals surface area contributed by atoms with Crippen LogP contribution in [0.1, 0.15) is 0 Å². The second-order valence-electron chi connectivity index (χ2n) is 1.20. The highest BCUT2D eigenvalue weighted by Gasteiger charge is 2.11. The largest absolute Gasteiger partial charge is 0.359 e. The zero-order valence-electron chi connectivity index (χ0n) is 4.07. The van der Waals surface area contributed by atoms with Crippen LogP contribution in [-0.4, -0.2) is 23.0 Å². The molecule has 48 valence electrons. The summed E-state index contributed by atoms with van der Waals surface area (Å²) < 4.78 is 0. The van der Waals surface area contributed by atoms with Crippen LogP contribution >= 0.6 is 12.6 Å². The van der Waals surface area contributed by atoms with Gasteiger partial charge in [0.25, 0.3) is 0 Å². The number of hydrogen-bond acceptors (Lipinski definition) is 5. The van der Waals surface area contributed by atoms with E-state index in [0.29, 0.717) is 0 Å². The van der Waals surface area contributed by atoms with Gasteiger partial charge < -0.3 is 5.73 Å². The summed E-state index contributed by atoms with van der Waals surface area (Å²) in [6.45, 7) is 0. The molecule has 0 heterocycles. The van der Waals surface area contributed by atoms with Crippen LogP contribution in [-0.2, 0) is 9.68 Å². The third-order valence-electron chi connectivity index (χ3n) is 0.589. The van der Waals surface area contributed by atoms with E-state index < -0.39 is 12.0 Å². The Hall–Kier alpha value is -0.260. The summed E-state index contributed by atoms with van der Waals surface area (Å²) in [5.41, 5.74) is 5.02. The summed E-state index contributed by atoms with van der Waals surface area (Å²) in [5.74, 6) is -0.695. The molecule has 4 nitrogen and oxygen atoms in total. The van der Waals surface area contributed by atoms with Gasteiger partial charge in [-0.15, -0.1) is 0 Å². The standard InChI is InChI=1S/C3H7NO3S/c4-2(1-8)3(5)7-6/h2,6,8H,1,4H2. The molecular weight excluding hydrogens is 130 g/mol. The van der Waals surface area contributed by atoms with Crippen molar-refractivity contribution in [1.29, 1.82) is 0 Å². The first kappa shape index (κ1) is 7.74. The van der Waals surface area contributed by atoms with Gasteiger partial charge in [0.1, 0.15) is 6.04 Å². The monoisotopic (exact) mass is 137 g/mol. The lowest BCUT2D eigenvalue weighted by atomic mass is 10.4. The van der Waals surface area contributed by atoms with Crippen molar-refractivity contribution < 1.29 is 14.9 Å². The fraction of sp³-hybridized carbons (Fsp3) is 0.667. The minimum atomic E-state index is -0.861. The Morgan fingerprint density at radius 1 is 2.00 bits per heavy atom. The van der Waals surface area contributed by atoms with Gasteiger partial charge >= 0.3 is 5.97 Å². The Balaban J connectivity index is 3.46. The van der Waals surface area contributed by atoms with Gasteiger partial charge in [-0.25, -0.2) is 4.79 Å². The molecule has 0 rings (SSSR count). The lowest BCUT2D eigenvalue weighted by molar-refractivity contribution is -0.235. The van der Waals surface area contributed by atoms with Crippen molar-refractivity contribution in [2.24, 2.45) is 5.73 Å². The van der Waals surface area contributed by atoms with Gasteiger partial charge in [0.15, 0.2) is 0 Å². The number of thiol groups is 1. The molecule has 0 aliphatic heterocycles. The molecular formula is C3H7NO3S. The topological polar surface area (TPSA) is 72.6 Å². The van der Waals surface area contributed by atoms with Crippen molar-refractivity contribution in [3.05, 3.63) is 0 Å². The number of nitrogens with two attached hydrogens (primary N) is 1. The molecule has 0 spiro atoms. The van der Waals surface area contributed by atoms with E-state index in [1.807, 2.05) is 0 Å². The lowest BCUT2D eigenvalue weighted by Crippen LogP contribution is -2.33. The highest BCUT2D eigenvalue weighted by atomic mass is 32.1. The molecule has 0 aromatic heterocycles. The molecule has 1 atom stereocenters. The number of rotatable bonds is 2. The first-order valence-electron chi connectivity index (χ1n) is 1.94. The summed E-state index contributed by atoms with van der Waals surface area (Å²) in [5, 5.41) is 7.67. The van der Waals surface area contributed by atoms with Crippen LogP contribution in [0.5, 0.6) is 0 Å². The molecule has 0 saturated carbocycles. The summed E-state index contributed by atoms with van der Waals surface area (Å²) in [6, 6.07) is -0.830. The Bertz CT molecular complexity index is 86.6. The van der Waals surface area contributed by atoms with Gasteiger partial charge in [-0.1, -0.05) is 0 Å². The van der Waals surface area contributed by atoms with Crippen LogP contribution in [0.2, 0.25) is 0 Å². The van der Waals surface area contributed by atoms with Crippen LogP contribution in [0.25, 0.3) is 0 Å². The maximum Gasteiger partial charge on any atom is 0.359 e. The summed E-state index contributed by atoms with van der Waals surface area (Å²) in [4.78, 5) is 13.4. The molecule has 0 bridgehead atoms. The molecule has 0 saturated heterocycles. The van der Waals surface area contributed by atoms with E-state index in [4.69, 9.17) is 11.0 Å². The van der Waals surface area contributed by atoms with Crippen molar-refractivity contribution in [3.8, 4) is 0 Å². The molecule has 0 fully saturated rings. The third-order valence-corrected chi connectivity index (χ3v) is 0.983. The minimum Gasteiger partial charge on any atom is -0.318 e. The van der Waals surface area contributed by atoms with Crippen molar-refractivity contribution >= 4 is 18.6 Å². The Kier molecular flexibility index (Phi) is 3.59. The Morgan fingerprint density at radius 3 is 2.62 bits per heavy atom. The fourth-order valence-corrected chi connectivity index (χ4v) is 0.291. The van der Waals surface area contributed by atoms with Crippen LogP contribution in [0.4, 0.5) is 0 Å². The van der Waals surface area contributed by atoms with E-state index >= 15 is 0 Å². The zero-order chi connectivity index (χ0) is 6.57. The molecule has 0 radical (unpaired) electrons. The summed E-state index contributed by atoms with van der Waals surface area (Å²) in [6.07, 6.45) is 0. The number of carbonyl (C=O) groups is 1. The van der Waals surface area contributed by atoms with Crippen molar-refractivity contribution in [3.63, 3.8) is 0 Å². The van der Waals surface area contributed by atoms with E-state index in [9.17, 15) is 4.79 Å². The average molecular weight is 137 g/mol. The average Bonchev–Trinajstić information content (AvgIpc) is 1.84. The maximum absolute atomic E-state index is 10.1. The fourth-order valence-electron chi connectivity index (χ4n) is 0.142. The second-order valence-corrected chi connectivity index (χ2v) is 1.56. The van der Waals surface area contributed by atoms with Gasteiger partial charge in [0, 0.05) is 5.75 Å². The quantitative estimate of drug-likeness (QED) is 0.266. The third kappa shape index (κ3) is 2.15. The predicted octanol–water partition coefficient (Wildman–Crippen LogP) is -0.740. The minimum absolute atomic E-state index is 0.166. The van der Waals surface area contributed by atoms with Gasteiger partial charge in [0.05, 0.1) is 0 Å². The van der Waals surface area contributed by atoms with E-state index in [1.165, 1.54) is 0 Å². The molecule has 3 N–H and O–H groups in total. The van der Waals surface area contributed by atoms with Crippen LogP contribution in [0.15, 0.2) is 0 Å². The van der Waals surface area contributed by atoms with Gasteiger partial charge in [-0.3, -0.25) is 4.89 Å². The maximum atomic E-state index is 10.1. The SMILES string of the molecule is NC(CS)C(=O)OO. The normalized spacial score (nSPS) is 12.9. The van der Waals surface area contributed by atoms with Crippen LogP contribution < -0.4 is 5.73 Å².